The Morgan fingerprint density at radius 1 is 1.12 bits per heavy atom. The lowest BCUT2D eigenvalue weighted by Crippen LogP contribution is -2.52. The predicted octanol–water partition coefficient (Wildman–Crippen LogP) is 6.44. The lowest BCUT2D eigenvalue weighted by Gasteiger charge is -2.42. The monoisotopic (exact) mass is 611 g/mol. The third-order valence-electron chi connectivity index (χ3n) is 9.03. The molecule has 1 aromatic heterocycles. The highest BCUT2D eigenvalue weighted by molar-refractivity contribution is 6.34. The second-order valence-corrected chi connectivity index (χ2v) is 12.8. The fourth-order valence-corrected chi connectivity index (χ4v) is 6.62. The van der Waals surface area contributed by atoms with Gasteiger partial charge in [0.1, 0.15) is 17.8 Å². The molecule has 2 heterocycles. The number of aromatic nitrogens is 1. The van der Waals surface area contributed by atoms with Crippen molar-refractivity contribution in [2.45, 2.75) is 71.1 Å². The number of amides is 1. The number of nitrogens with one attached hydrogen (secondary N) is 1. The molecule has 2 aliphatic rings. The zero-order chi connectivity index (χ0) is 30.9. The molecule has 1 unspecified atom stereocenters. The Morgan fingerprint density at radius 3 is 2.47 bits per heavy atom. The van der Waals surface area contributed by atoms with Crippen LogP contribution in [-0.4, -0.2) is 57.7 Å². The Balaban J connectivity index is 1.30. The highest BCUT2D eigenvalue weighted by atomic mass is 35.5. The summed E-state index contributed by atoms with van der Waals surface area (Å²) >= 11 is 6.51. The summed E-state index contributed by atoms with van der Waals surface area (Å²) in [7, 11) is 1.85. The van der Waals surface area contributed by atoms with Gasteiger partial charge < -0.3 is 19.7 Å². The van der Waals surface area contributed by atoms with Crippen LogP contribution in [0.1, 0.15) is 68.3 Å². The van der Waals surface area contributed by atoms with Crippen LogP contribution in [-0.2, 0) is 27.8 Å². The molecule has 1 aliphatic heterocycles. The van der Waals surface area contributed by atoms with Crippen LogP contribution in [0.2, 0.25) is 5.02 Å². The fourth-order valence-electron chi connectivity index (χ4n) is 6.39. The maximum absolute atomic E-state index is 15.4. The maximum Gasteiger partial charge on any atom is 0.306 e. The topological polar surface area (TPSA) is 101 Å². The number of hydrogen-bond donors (Lipinski definition) is 2. The van der Waals surface area contributed by atoms with Gasteiger partial charge in [-0.1, -0.05) is 29.8 Å². The number of carboxylic acid groups (broad SMARTS) is 1. The summed E-state index contributed by atoms with van der Waals surface area (Å²) in [5, 5.41) is 13.0. The van der Waals surface area contributed by atoms with E-state index in [1.165, 1.54) is 6.07 Å². The van der Waals surface area contributed by atoms with Gasteiger partial charge in [-0.25, -0.2) is 4.39 Å². The number of rotatable bonds is 10. The summed E-state index contributed by atoms with van der Waals surface area (Å²) in [6, 6.07) is 10.1. The second-order valence-electron chi connectivity index (χ2n) is 12.4. The van der Waals surface area contributed by atoms with E-state index in [1.807, 2.05) is 49.7 Å². The molecule has 8 nitrogen and oxygen atoms in total. The van der Waals surface area contributed by atoms with Crippen molar-refractivity contribution in [2.75, 3.05) is 18.4 Å². The molecule has 2 N–H and O–H groups in total. The number of hydrogen-bond acceptors (Lipinski definition) is 5. The van der Waals surface area contributed by atoms with Gasteiger partial charge in [0.2, 0.25) is 0 Å². The third kappa shape index (κ3) is 6.64. The number of halogens is 2. The van der Waals surface area contributed by atoms with E-state index in [1.54, 1.807) is 6.20 Å². The van der Waals surface area contributed by atoms with Gasteiger partial charge in [-0.2, -0.15) is 0 Å². The van der Waals surface area contributed by atoms with Crippen LogP contribution in [0, 0.1) is 17.2 Å². The summed E-state index contributed by atoms with van der Waals surface area (Å²) in [5.41, 5.74) is 0.649. The van der Waals surface area contributed by atoms with Crippen molar-refractivity contribution in [1.82, 2.24) is 9.47 Å². The number of nitrogens with zero attached hydrogens (tertiary/aromatic N) is 2. The number of Topliss-reactive ketones (excluding diaryl/α,β-unsaturated/α-hetero) is 1. The molecule has 43 heavy (non-hydrogen) atoms. The first-order valence-electron chi connectivity index (χ1n) is 14.9. The molecule has 0 radical (unpaired) electrons. The Labute approximate surface area is 256 Å². The quantitative estimate of drug-likeness (QED) is 0.274. The van der Waals surface area contributed by atoms with E-state index in [9.17, 15) is 19.5 Å². The summed E-state index contributed by atoms with van der Waals surface area (Å²) in [6.07, 6.45) is 5.26. The predicted molar refractivity (Wildman–Crippen MR) is 164 cm³/mol. The molecule has 0 bridgehead atoms. The molecule has 10 heteroatoms. The zero-order valence-corrected chi connectivity index (χ0v) is 25.6. The number of aliphatic carboxylic acids is 1. The van der Waals surface area contributed by atoms with Crippen molar-refractivity contribution in [2.24, 2.45) is 18.4 Å². The lowest BCUT2D eigenvalue weighted by atomic mass is 9.81. The van der Waals surface area contributed by atoms with Crippen LogP contribution in [0.5, 0.6) is 0 Å². The summed E-state index contributed by atoms with van der Waals surface area (Å²) in [5.74, 6) is -2.36. The van der Waals surface area contributed by atoms with Crippen LogP contribution in [0.4, 0.5) is 10.1 Å². The number of benzene rings is 2. The molecule has 2 fully saturated rings. The maximum atomic E-state index is 15.4. The van der Waals surface area contributed by atoms with Crippen molar-refractivity contribution < 1.29 is 28.6 Å². The van der Waals surface area contributed by atoms with Crippen LogP contribution >= 0.6 is 11.6 Å². The third-order valence-corrected chi connectivity index (χ3v) is 9.34. The molecule has 3 aromatic rings. The first-order valence-corrected chi connectivity index (χ1v) is 15.3. The van der Waals surface area contributed by atoms with E-state index in [0.717, 1.165) is 42.9 Å². The molecule has 1 atom stereocenters. The lowest BCUT2D eigenvalue weighted by molar-refractivity contribution is -0.172. The van der Waals surface area contributed by atoms with E-state index in [2.05, 4.69) is 10.2 Å². The van der Waals surface area contributed by atoms with Gasteiger partial charge in [-0.15, -0.1) is 0 Å². The number of carbonyl (C=O) groups is 3. The average molecular weight is 612 g/mol. The normalized spacial score (nSPS) is 20.3. The number of likely N-dealkylation sites (tertiary alicyclic amines) is 1. The van der Waals surface area contributed by atoms with Crippen molar-refractivity contribution in [3.63, 3.8) is 0 Å². The van der Waals surface area contributed by atoms with Gasteiger partial charge in [-0.05, 0) is 76.1 Å². The number of para-hydroxylation sites is 1. The first kappa shape index (κ1) is 31.2. The highest BCUT2D eigenvalue weighted by Crippen LogP contribution is 2.36. The number of fused-ring (bicyclic) bond motifs is 1. The summed E-state index contributed by atoms with van der Waals surface area (Å²) in [6.45, 7) is 5.27. The molecule has 1 saturated carbocycles. The van der Waals surface area contributed by atoms with Gasteiger partial charge >= 0.3 is 5.97 Å². The van der Waals surface area contributed by atoms with E-state index < -0.39 is 29.3 Å². The Hall–Kier alpha value is -3.27. The standard InChI is InChI=1S/C33H39ClFN3O5/c1-33(2,32(38-14-6-7-15-38)43-22-12-10-20(11-13-22)31(41)42)29(39)17-21-16-25(34)27(18-26(21)35)36-30(40)24-19-37(3)28-9-5-4-8-23(24)28/h4-5,8-9,16,18-20,22,32H,6-7,10-15,17H2,1-3H3,(H,36,40)(H,41,42). The molecule has 5 rings (SSSR count). The summed E-state index contributed by atoms with van der Waals surface area (Å²) in [4.78, 5) is 40.5. The molecule has 1 aliphatic carbocycles. The molecule has 2 aromatic carbocycles. The van der Waals surface area contributed by atoms with Crippen molar-refractivity contribution >= 4 is 45.9 Å². The molecular weight excluding hydrogens is 573 g/mol. The average Bonchev–Trinajstić information content (AvgIpc) is 3.63. The van der Waals surface area contributed by atoms with Crippen LogP contribution < -0.4 is 5.32 Å². The molecule has 230 valence electrons. The number of carbonyl (C=O) groups excluding carboxylic acids is 2. The molecule has 1 saturated heterocycles. The van der Waals surface area contributed by atoms with Gasteiger partial charge in [-0.3, -0.25) is 19.3 Å². The van der Waals surface area contributed by atoms with E-state index in [0.29, 0.717) is 31.2 Å². The Morgan fingerprint density at radius 2 is 1.79 bits per heavy atom. The molecule has 0 spiro atoms. The van der Waals surface area contributed by atoms with Crippen LogP contribution in [0.15, 0.2) is 42.6 Å². The van der Waals surface area contributed by atoms with Crippen molar-refractivity contribution in [1.29, 1.82) is 0 Å². The van der Waals surface area contributed by atoms with E-state index in [4.69, 9.17) is 16.3 Å². The Kier molecular flexibility index (Phi) is 9.25. The van der Waals surface area contributed by atoms with Crippen molar-refractivity contribution in [3.8, 4) is 0 Å². The van der Waals surface area contributed by atoms with E-state index >= 15 is 4.39 Å². The fraction of sp³-hybridized carbons (Fsp3) is 0.485. The number of ketones is 1. The first-order chi connectivity index (χ1) is 20.5. The highest BCUT2D eigenvalue weighted by Gasteiger charge is 2.43. The van der Waals surface area contributed by atoms with Crippen LogP contribution in [0.25, 0.3) is 10.9 Å². The SMILES string of the molecule is Cn1cc(C(=O)Nc2cc(F)c(CC(=O)C(C)(C)C(OC3CCC(C(=O)O)CC3)N3CCCC3)cc2Cl)c2ccccc21. The second kappa shape index (κ2) is 12.8. The van der Waals surface area contributed by atoms with Gasteiger partial charge in [0.25, 0.3) is 5.91 Å². The smallest absolute Gasteiger partial charge is 0.306 e. The zero-order valence-electron chi connectivity index (χ0n) is 24.9. The van der Waals surface area contributed by atoms with Gasteiger partial charge in [0, 0.05) is 43.7 Å². The molecular formula is C33H39ClFN3O5. The number of aryl methyl sites for hydroxylation is 1. The largest absolute Gasteiger partial charge is 0.481 e. The number of carboxylic acids is 1. The van der Waals surface area contributed by atoms with E-state index in [-0.39, 0.29) is 40.5 Å². The Bertz CT molecular complexity index is 1520. The number of anilines is 1. The van der Waals surface area contributed by atoms with Crippen LogP contribution in [0.3, 0.4) is 0 Å². The molecule has 1 amide bonds. The summed E-state index contributed by atoms with van der Waals surface area (Å²) < 4.78 is 23.8. The van der Waals surface area contributed by atoms with Gasteiger partial charge in [0.05, 0.1) is 33.7 Å². The van der Waals surface area contributed by atoms with Gasteiger partial charge in [0.15, 0.2) is 0 Å². The number of ether oxygens (including phenoxy) is 1. The van der Waals surface area contributed by atoms with Crippen molar-refractivity contribution in [3.05, 3.63) is 64.6 Å². The minimum atomic E-state index is -0.964. The minimum Gasteiger partial charge on any atom is -0.481 e. The minimum absolute atomic E-state index is 0.128.